The van der Waals surface area contributed by atoms with E-state index in [1.165, 1.54) is 38.5 Å². The molecule has 0 spiro atoms. The maximum absolute atomic E-state index is 11.5. The van der Waals surface area contributed by atoms with E-state index in [0.29, 0.717) is 0 Å². The van der Waals surface area contributed by atoms with Crippen molar-refractivity contribution in [3.8, 4) is 0 Å². The third-order valence-electron chi connectivity index (χ3n) is 4.43. The van der Waals surface area contributed by atoms with Crippen molar-refractivity contribution in [2.24, 2.45) is 0 Å². The van der Waals surface area contributed by atoms with Crippen LogP contribution in [0.3, 0.4) is 0 Å². The number of rotatable bonds is 20. The van der Waals surface area contributed by atoms with Crippen LogP contribution in [0.15, 0.2) is 0 Å². The van der Waals surface area contributed by atoms with Gasteiger partial charge in [-0.05, 0) is 12.8 Å². The van der Waals surface area contributed by atoms with Crippen LogP contribution in [0.2, 0.25) is 0 Å². The van der Waals surface area contributed by atoms with Gasteiger partial charge in [-0.1, -0.05) is 78.1 Å². The summed E-state index contributed by atoms with van der Waals surface area (Å²) in [5, 5.41) is 17.3. The number of hydrogen-bond acceptors (Lipinski definition) is 10. The van der Waals surface area contributed by atoms with Crippen LogP contribution in [0.1, 0.15) is 97.3 Å². The molecule has 0 amide bonds. The Bertz CT molecular complexity index is 705. The molecule has 0 radical (unpaired) electrons. The molecule has 11 nitrogen and oxygen atoms in total. The van der Waals surface area contributed by atoms with E-state index in [9.17, 15) is 36.6 Å². The van der Waals surface area contributed by atoms with E-state index in [4.69, 9.17) is 12.9 Å². The van der Waals surface area contributed by atoms with Gasteiger partial charge in [0.15, 0.2) is 0 Å². The van der Waals surface area contributed by atoms with Gasteiger partial charge in [-0.2, -0.15) is 16.8 Å². The molecular formula is C20H38Na2O11S2. The SMILES string of the molecule is CCCCCCCCOS(=O)(=O)OCCCCCCCC.O=C([O-])CC(C(=O)[O-])S(=O)(=O)O.[Na+].[Na+]. The predicted molar refractivity (Wildman–Crippen MR) is 118 cm³/mol. The summed E-state index contributed by atoms with van der Waals surface area (Å²) in [5.41, 5.74) is 0. The largest absolute Gasteiger partial charge is 1.00 e. The second-order valence-corrected chi connectivity index (χ2v) is 10.4. The van der Waals surface area contributed by atoms with E-state index in [0.717, 1.165) is 38.5 Å². The summed E-state index contributed by atoms with van der Waals surface area (Å²) < 4.78 is 61.0. The molecule has 0 heterocycles. The molecule has 0 aliphatic heterocycles. The molecule has 0 bridgehead atoms. The molecule has 35 heavy (non-hydrogen) atoms. The summed E-state index contributed by atoms with van der Waals surface area (Å²) in [6, 6.07) is 0. The van der Waals surface area contributed by atoms with E-state index in [-0.39, 0.29) is 72.3 Å². The predicted octanol–water partition coefficient (Wildman–Crippen LogP) is -4.87. The van der Waals surface area contributed by atoms with Crippen molar-refractivity contribution in [2.75, 3.05) is 13.2 Å². The number of carboxylic acids is 2. The van der Waals surface area contributed by atoms with Crippen molar-refractivity contribution in [3.63, 3.8) is 0 Å². The number of hydrogen-bond donors (Lipinski definition) is 1. The number of aliphatic carboxylic acids is 2. The van der Waals surface area contributed by atoms with Gasteiger partial charge in [-0.3, -0.25) is 4.55 Å². The summed E-state index contributed by atoms with van der Waals surface area (Å²) in [6.45, 7) is 4.84. The minimum absolute atomic E-state index is 0. The maximum Gasteiger partial charge on any atom is 1.00 e. The number of carbonyl (C=O) groups excluding carboxylic acids is 2. The molecule has 0 rings (SSSR count). The van der Waals surface area contributed by atoms with Crippen LogP contribution >= 0.6 is 0 Å². The molecule has 0 aromatic carbocycles. The third-order valence-corrected chi connectivity index (χ3v) is 6.41. The van der Waals surface area contributed by atoms with Crippen molar-refractivity contribution in [1.29, 1.82) is 0 Å². The molecule has 0 fully saturated rings. The standard InChI is InChI=1S/C16H34O4S.C4H6O7S.2Na/c1-3-5-7-9-11-13-15-19-21(17,18)20-16-14-12-10-8-6-4-2;5-3(6)1-2(4(7)8)12(9,10)11;;/h3-16H2,1-2H3;2H,1H2,(H,5,6)(H,7,8)(H,9,10,11);;/q;;2*+1/p-2. The molecule has 1 atom stereocenters. The average molecular weight is 565 g/mol. The van der Waals surface area contributed by atoms with Crippen LogP contribution in [0.4, 0.5) is 0 Å². The molecule has 0 aliphatic carbocycles. The van der Waals surface area contributed by atoms with E-state index in [2.05, 4.69) is 13.8 Å². The Labute approximate surface area is 254 Å². The normalized spacial score (nSPS) is 11.9. The Kier molecular flexibility index (Phi) is 32.2. The number of carboxylic acid groups (broad SMARTS) is 2. The Morgan fingerprint density at radius 3 is 1.31 bits per heavy atom. The maximum atomic E-state index is 11.5. The van der Waals surface area contributed by atoms with Crippen LogP contribution in [0, 0.1) is 0 Å². The zero-order chi connectivity index (χ0) is 25.8. The van der Waals surface area contributed by atoms with Crippen molar-refractivity contribution in [2.45, 2.75) is 103 Å². The van der Waals surface area contributed by atoms with Crippen molar-refractivity contribution >= 4 is 32.5 Å². The molecule has 1 N–H and O–H groups in total. The summed E-state index contributed by atoms with van der Waals surface area (Å²) in [4.78, 5) is 19.7. The molecule has 0 saturated carbocycles. The minimum Gasteiger partial charge on any atom is -0.550 e. The van der Waals surface area contributed by atoms with Gasteiger partial charge in [0.1, 0.15) is 5.25 Å². The second kappa shape index (κ2) is 26.3. The summed E-state index contributed by atoms with van der Waals surface area (Å²) in [6.07, 6.45) is 11.9. The Balaban J connectivity index is -0.000000296. The number of carbonyl (C=O) groups is 2. The van der Waals surface area contributed by atoms with Gasteiger partial charge in [-0.25, -0.2) is 8.37 Å². The smallest absolute Gasteiger partial charge is 0.550 e. The van der Waals surface area contributed by atoms with Crippen molar-refractivity contribution in [3.05, 3.63) is 0 Å². The van der Waals surface area contributed by atoms with Gasteiger partial charge >= 0.3 is 69.5 Å². The molecule has 15 heteroatoms. The monoisotopic (exact) mass is 564 g/mol. The first-order valence-corrected chi connectivity index (χ1v) is 14.1. The molecule has 0 aromatic heterocycles. The zero-order valence-corrected chi connectivity index (χ0v) is 27.2. The van der Waals surface area contributed by atoms with Crippen LogP contribution in [-0.4, -0.2) is 51.8 Å². The number of unbranched alkanes of at least 4 members (excludes halogenated alkanes) is 10. The van der Waals surface area contributed by atoms with Gasteiger partial charge in [0, 0.05) is 12.4 Å². The molecule has 0 aliphatic rings. The molecule has 0 aromatic rings. The zero-order valence-electron chi connectivity index (χ0n) is 21.5. The van der Waals surface area contributed by atoms with Gasteiger partial charge in [0.2, 0.25) is 0 Å². The molecular weight excluding hydrogens is 526 g/mol. The van der Waals surface area contributed by atoms with E-state index < -0.39 is 44.1 Å². The minimum atomic E-state index is -4.94. The molecule has 198 valence electrons. The van der Waals surface area contributed by atoms with Crippen LogP contribution in [0.5, 0.6) is 0 Å². The first kappa shape index (κ1) is 42.8. The van der Waals surface area contributed by atoms with Crippen molar-refractivity contribution in [1.82, 2.24) is 0 Å². The van der Waals surface area contributed by atoms with Crippen LogP contribution in [0.25, 0.3) is 0 Å². The first-order valence-electron chi connectivity index (χ1n) is 11.3. The summed E-state index contributed by atoms with van der Waals surface area (Å²) >= 11 is 0. The molecule has 1 unspecified atom stereocenters. The Hall–Kier alpha value is 0.720. The first-order chi connectivity index (χ1) is 15.4. The quantitative estimate of drug-likeness (QED) is 0.0848. The fraction of sp³-hybridized carbons (Fsp3) is 0.900. The molecule has 0 saturated heterocycles. The van der Waals surface area contributed by atoms with Gasteiger partial charge in [-0.15, -0.1) is 0 Å². The fourth-order valence-electron chi connectivity index (χ4n) is 2.58. The fourth-order valence-corrected chi connectivity index (χ4v) is 3.88. The van der Waals surface area contributed by atoms with Crippen LogP contribution in [-0.2, 0) is 38.5 Å². The summed E-state index contributed by atoms with van der Waals surface area (Å²) in [5.74, 6) is -4.08. The average Bonchev–Trinajstić information content (AvgIpc) is 2.70. The summed E-state index contributed by atoms with van der Waals surface area (Å²) in [7, 11) is -8.72. The van der Waals surface area contributed by atoms with Crippen LogP contribution < -0.4 is 69.3 Å². The van der Waals surface area contributed by atoms with Gasteiger partial charge < -0.3 is 19.8 Å². The van der Waals surface area contributed by atoms with Crippen molar-refractivity contribution < 1.29 is 109 Å². The Morgan fingerprint density at radius 2 is 1.06 bits per heavy atom. The van der Waals surface area contributed by atoms with E-state index >= 15 is 0 Å². The van der Waals surface area contributed by atoms with Gasteiger partial charge in [0.05, 0.1) is 19.2 Å². The van der Waals surface area contributed by atoms with Gasteiger partial charge in [0.25, 0.3) is 10.1 Å². The van der Waals surface area contributed by atoms with E-state index in [1.54, 1.807) is 0 Å². The third kappa shape index (κ3) is 30.8. The topological polar surface area (TPSA) is 187 Å². The van der Waals surface area contributed by atoms with E-state index in [1.807, 2.05) is 0 Å². The Morgan fingerprint density at radius 1 is 0.714 bits per heavy atom. The second-order valence-electron chi connectivity index (χ2n) is 7.49.